The number of amides is 1. The smallest absolute Gasteiger partial charge is 0.298 e. The van der Waals surface area contributed by atoms with Crippen LogP contribution in [0.2, 0.25) is 0 Å². The van der Waals surface area contributed by atoms with Crippen molar-refractivity contribution in [3.05, 3.63) is 23.8 Å². The minimum Gasteiger partial charge on any atom is -0.423 e. The Morgan fingerprint density at radius 2 is 1.89 bits per heavy atom. The zero-order chi connectivity index (χ0) is 17.7. The van der Waals surface area contributed by atoms with Crippen LogP contribution in [0.3, 0.4) is 0 Å². The molecule has 1 aromatic carbocycles. The number of oxazole rings is 1. The van der Waals surface area contributed by atoms with Gasteiger partial charge in [-0.2, -0.15) is 4.98 Å². The van der Waals surface area contributed by atoms with Gasteiger partial charge in [0.1, 0.15) is 5.52 Å². The van der Waals surface area contributed by atoms with E-state index < -0.39 is 0 Å². The monoisotopic (exact) mass is 426 g/mol. The number of hydrogen-bond donors (Lipinski definition) is 1. The molecule has 3 heterocycles. The predicted octanol–water partition coefficient (Wildman–Crippen LogP) is 3.02. The van der Waals surface area contributed by atoms with E-state index in [4.69, 9.17) is 4.42 Å². The van der Waals surface area contributed by atoms with Crippen molar-refractivity contribution in [2.24, 2.45) is 11.3 Å². The molecule has 1 aromatic heterocycles. The van der Waals surface area contributed by atoms with Crippen molar-refractivity contribution in [3.63, 3.8) is 0 Å². The fraction of sp³-hybridized carbons (Fsp3) is 0.600. The summed E-state index contributed by atoms with van der Waals surface area (Å²) in [6.45, 7) is 7.30. The number of anilines is 1. The molecule has 1 aliphatic carbocycles. The van der Waals surface area contributed by atoms with Crippen LogP contribution in [0.1, 0.15) is 24.8 Å². The third-order valence-corrected chi connectivity index (χ3v) is 6.48. The molecular formula is C20H28Cl2N4O2. The molecule has 28 heavy (non-hydrogen) atoms. The number of nitrogens with one attached hydrogen (secondary N) is 1. The molecule has 6 nitrogen and oxygen atoms in total. The lowest BCUT2D eigenvalue weighted by Gasteiger charge is -2.34. The Balaban J connectivity index is 0.00000112. The fourth-order valence-electron chi connectivity index (χ4n) is 4.67. The number of piperazine rings is 1. The van der Waals surface area contributed by atoms with Crippen LogP contribution in [0.15, 0.2) is 22.6 Å². The van der Waals surface area contributed by atoms with Gasteiger partial charge in [0.25, 0.3) is 6.01 Å². The van der Waals surface area contributed by atoms with E-state index >= 15 is 0 Å². The van der Waals surface area contributed by atoms with Gasteiger partial charge in [-0.05, 0) is 62.4 Å². The quantitative estimate of drug-likeness (QED) is 0.799. The molecule has 3 fully saturated rings. The number of fused-ring (bicyclic) bond motifs is 1. The summed E-state index contributed by atoms with van der Waals surface area (Å²) >= 11 is 0. The van der Waals surface area contributed by atoms with Gasteiger partial charge in [0.2, 0.25) is 5.91 Å². The number of aryl methyl sites for hydroxylation is 1. The van der Waals surface area contributed by atoms with Crippen molar-refractivity contribution in [2.75, 3.05) is 44.2 Å². The van der Waals surface area contributed by atoms with Gasteiger partial charge in [0.05, 0.1) is 0 Å². The number of nitrogens with zero attached hydrogens (tertiary/aromatic N) is 3. The minimum absolute atomic E-state index is 0. The highest BCUT2D eigenvalue weighted by atomic mass is 35.5. The van der Waals surface area contributed by atoms with E-state index in [0.717, 1.165) is 69.6 Å². The number of carbonyl (C=O) groups is 1. The number of benzene rings is 1. The van der Waals surface area contributed by atoms with Gasteiger partial charge >= 0.3 is 0 Å². The van der Waals surface area contributed by atoms with Gasteiger partial charge in [-0.25, -0.2) is 0 Å². The zero-order valence-electron chi connectivity index (χ0n) is 16.1. The molecule has 5 rings (SSSR count). The highest BCUT2D eigenvalue weighted by Gasteiger charge is 2.58. The van der Waals surface area contributed by atoms with E-state index in [1.807, 2.05) is 18.2 Å². The average Bonchev–Trinajstić information content (AvgIpc) is 3.18. The molecule has 0 bridgehead atoms. The Labute approximate surface area is 177 Å². The number of rotatable bonds is 2. The summed E-state index contributed by atoms with van der Waals surface area (Å²) in [5.74, 6) is 0.642. The Morgan fingerprint density at radius 1 is 1.18 bits per heavy atom. The second-order valence-electron chi connectivity index (χ2n) is 8.15. The third kappa shape index (κ3) is 3.70. The minimum atomic E-state index is 0. The predicted molar refractivity (Wildman–Crippen MR) is 115 cm³/mol. The molecule has 2 aliphatic heterocycles. The first-order valence-electron chi connectivity index (χ1n) is 9.76. The summed E-state index contributed by atoms with van der Waals surface area (Å²) < 4.78 is 5.91. The lowest BCUT2D eigenvalue weighted by molar-refractivity contribution is -0.134. The number of hydrogen-bond acceptors (Lipinski definition) is 5. The van der Waals surface area contributed by atoms with E-state index in [1.165, 1.54) is 5.56 Å². The Kier molecular flexibility index (Phi) is 6.13. The van der Waals surface area contributed by atoms with Crippen molar-refractivity contribution in [1.29, 1.82) is 0 Å². The molecule has 1 spiro atoms. The maximum Gasteiger partial charge on any atom is 0.298 e. The molecule has 3 aliphatic rings. The molecule has 2 saturated heterocycles. The van der Waals surface area contributed by atoms with Gasteiger partial charge in [0.15, 0.2) is 5.58 Å². The first-order valence-corrected chi connectivity index (χ1v) is 9.76. The van der Waals surface area contributed by atoms with Gasteiger partial charge in [0, 0.05) is 32.1 Å². The second kappa shape index (κ2) is 8.09. The number of piperidine rings is 1. The molecule has 8 heteroatoms. The van der Waals surface area contributed by atoms with Crippen LogP contribution in [-0.4, -0.2) is 55.1 Å². The molecule has 1 amide bonds. The summed E-state index contributed by atoms with van der Waals surface area (Å²) in [6, 6.07) is 6.75. The fourth-order valence-corrected chi connectivity index (χ4v) is 4.67. The first kappa shape index (κ1) is 21.2. The van der Waals surface area contributed by atoms with E-state index in [2.05, 4.69) is 27.0 Å². The van der Waals surface area contributed by atoms with Gasteiger partial charge < -0.3 is 19.5 Å². The van der Waals surface area contributed by atoms with Crippen molar-refractivity contribution in [1.82, 2.24) is 15.2 Å². The molecule has 1 N–H and O–H groups in total. The topological polar surface area (TPSA) is 61.6 Å². The normalized spacial score (nSPS) is 23.2. The molecule has 1 unspecified atom stereocenters. The molecular weight excluding hydrogens is 399 g/mol. The first-order chi connectivity index (χ1) is 12.6. The highest BCUT2D eigenvalue weighted by molar-refractivity contribution is 5.85. The summed E-state index contributed by atoms with van der Waals surface area (Å²) in [5, 5.41) is 3.41. The van der Waals surface area contributed by atoms with Gasteiger partial charge in [-0.1, -0.05) is 6.07 Å². The standard InChI is InChI=1S/C20H26N4O2.2ClH/c1-14-2-3-17-16(12-14)22-19(26-17)24-10-8-23(9-11-24)18(25)15-13-20(15)4-6-21-7-5-20;;/h2-3,12,15,21H,4-11,13H2,1H3;2*1H. The van der Waals surface area contributed by atoms with Crippen molar-refractivity contribution < 1.29 is 9.21 Å². The maximum absolute atomic E-state index is 12.9. The van der Waals surface area contributed by atoms with Gasteiger partial charge in [-0.3, -0.25) is 4.79 Å². The molecule has 0 radical (unpaired) electrons. The number of carbonyl (C=O) groups excluding carboxylic acids is 1. The third-order valence-electron chi connectivity index (χ3n) is 6.48. The van der Waals surface area contributed by atoms with Crippen LogP contribution in [0, 0.1) is 18.3 Å². The second-order valence-corrected chi connectivity index (χ2v) is 8.15. The molecule has 154 valence electrons. The van der Waals surface area contributed by atoms with Crippen LogP contribution in [0.4, 0.5) is 6.01 Å². The van der Waals surface area contributed by atoms with E-state index in [-0.39, 0.29) is 30.7 Å². The van der Waals surface area contributed by atoms with Gasteiger partial charge in [-0.15, -0.1) is 24.8 Å². The van der Waals surface area contributed by atoms with Crippen molar-refractivity contribution >= 4 is 47.8 Å². The molecule has 1 atom stereocenters. The SMILES string of the molecule is Cc1ccc2oc(N3CCN(C(=O)C4CC45CCNCC5)CC3)nc2c1.Cl.Cl. The highest BCUT2D eigenvalue weighted by Crippen LogP contribution is 2.59. The summed E-state index contributed by atoms with van der Waals surface area (Å²) in [6.07, 6.45) is 3.41. The largest absolute Gasteiger partial charge is 0.423 e. The Bertz CT molecular complexity index is 842. The van der Waals surface area contributed by atoms with Crippen molar-refractivity contribution in [3.8, 4) is 0 Å². The van der Waals surface area contributed by atoms with Crippen LogP contribution >= 0.6 is 24.8 Å². The average molecular weight is 427 g/mol. The Morgan fingerprint density at radius 3 is 2.61 bits per heavy atom. The lowest BCUT2D eigenvalue weighted by atomic mass is 9.91. The Hall–Kier alpha value is -1.50. The summed E-state index contributed by atoms with van der Waals surface area (Å²) in [7, 11) is 0. The van der Waals surface area contributed by atoms with E-state index in [1.54, 1.807) is 0 Å². The maximum atomic E-state index is 12.9. The van der Waals surface area contributed by atoms with Crippen LogP contribution in [0.5, 0.6) is 0 Å². The number of aromatic nitrogens is 1. The van der Waals surface area contributed by atoms with Crippen LogP contribution < -0.4 is 10.2 Å². The lowest BCUT2D eigenvalue weighted by Crippen LogP contribution is -2.50. The zero-order valence-corrected chi connectivity index (χ0v) is 17.8. The van der Waals surface area contributed by atoms with Crippen LogP contribution in [0.25, 0.3) is 11.1 Å². The van der Waals surface area contributed by atoms with E-state index in [9.17, 15) is 4.79 Å². The van der Waals surface area contributed by atoms with Crippen LogP contribution in [-0.2, 0) is 4.79 Å². The summed E-state index contributed by atoms with van der Waals surface area (Å²) in [4.78, 5) is 21.8. The van der Waals surface area contributed by atoms with E-state index in [0.29, 0.717) is 17.3 Å². The molecule has 1 saturated carbocycles. The molecule has 2 aromatic rings. The van der Waals surface area contributed by atoms with Crippen molar-refractivity contribution in [2.45, 2.75) is 26.2 Å². The summed E-state index contributed by atoms with van der Waals surface area (Å²) in [5.41, 5.74) is 3.24. The number of halogens is 2.